The van der Waals surface area contributed by atoms with E-state index in [0.717, 1.165) is 0 Å². The fourth-order valence-corrected chi connectivity index (χ4v) is 2.50. The summed E-state index contributed by atoms with van der Waals surface area (Å²) in [6, 6.07) is 10.8. The zero-order chi connectivity index (χ0) is 17.6. The monoisotopic (exact) mass is 347 g/mol. The van der Waals surface area contributed by atoms with Crippen LogP contribution in [0.4, 0.5) is 18.9 Å². The van der Waals surface area contributed by atoms with Gasteiger partial charge >= 0.3 is 6.61 Å². The first kappa shape index (κ1) is 17.2. The molecule has 3 nitrogen and oxygen atoms in total. The molecule has 0 aliphatic carbocycles. The molecule has 3 rings (SSSR count). The van der Waals surface area contributed by atoms with Gasteiger partial charge in [-0.3, -0.25) is 0 Å². The van der Waals surface area contributed by atoms with E-state index in [2.05, 4.69) is 16.6 Å². The smallest absolute Gasteiger partial charge is 0.387 e. The Hall–Kier alpha value is -2.65. The zero-order valence-electron chi connectivity index (χ0n) is 13.3. The molecule has 1 fully saturated rings. The predicted molar refractivity (Wildman–Crippen MR) is 88.5 cm³/mol. The number of rotatable bonds is 3. The fourth-order valence-electron chi connectivity index (χ4n) is 2.50. The molecule has 0 radical (unpaired) electrons. The van der Waals surface area contributed by atoms with Gasteiger partial charge in [0.1, 0.15) is 11.6 Å². The molecular formula is C19H16F3NO2. The highest BCUT2D eigenvalue weighted by molar-refractivity contribution is 5.55. The van der Waals surface area contributed by atoms with E-state index in [1.165, 1.54) is 18.2 Å². The Morgan fingerprint density at radius 2 is 1.60 bits per heavy atom. The summed E-state index contributed by atoms with van der Waals surface area (Å²) in [5.41, 5.74) is 1.84. The van der Waals surface area contributed by atoms with Crippen LogP contribution in [0.3, 0.4) is 0 Å². The van der Waals surface area contributed by atoms with Crippen LogP contribution in [0.2, 0.25) is 0 Å². The Bertz CT molecular complexity index is 775. The minimum absolute atomic E-state index is 0.0805. The maximum absolute atomic E-state index is 14.1. The van der Waals surface area contributed by atoms with Crippen molar-refractivity contribution >= 4 is 5.69 Å². The number of morpholine rings is 1. The molecule has 1 aliphatic heterocycles. The molecule has 2 aromatic carbocycles. The van der Waals surface area contributed by atoms with E-state index in [9.17, 15) is 13.2 Å². The number of benzene rings is 2. The Morgan fingerprint density at radius 1 is 0.960 bits per heavy atom. The molecule has 0 bridgehead atoms. The quantitative estimate of drug-likeness (QED) is 0.791. The van der Waals surface area contributed by atoms with Gasteiger partial charge in [-0.05, 0) is 42.5 Å². The molecule has 25 heavy (non-hydrogen) atoms. The van der Waals surface area contributed by atoms with Gasteiger partial charge in [0.25, 0.3) is 0 Å². The van der Waals surface area contributed by atoms with Crippen molar-refractivity contribution in [3.8, 4) is 17.6 Å². The van der Waals surface area contributed by atoms with Gasteiger partial charge in [0.05, 0.1) is 18.9 Å². The largest absolute Gasteiger partial charge is 0.435 e. The standard InChI is InChI=1S/C19H16F3NO2/c20-17-8-5-15(13-18(17)23-9-11-24-12-10-23)2-1-14-3-6-16(7-4-14)25-19(21)22/h3-8,13,19H,9-12H2. The van der Waals surface area contributed by atoms with E-state index in [1.807, 2.05) is 4.90 Å². The van der Waals surface area contributed by atoms with Crippen molar-refractivity contribution in [2.75, 3.05) is 31.2 Å². The molecule has 6 heteroatoms. The highest BCUT2D eigenvalue weighted by atomic mass is 19.3. The van der Waals surface area contributed by atoms with Crippen LogP contribution in [0.15, 0.2) is 42.5 Å². The van der Waals surface area contributed by atoms with Crippen molar-refractivity contribution in [3.05, 3.63) is 59.4 Å². The van der Waals surface area contributed by atoms with Crippen molar-refractivity contribution in [2.24, 2.45) is 0 Å². The predicted octanol–water partition coefficient (Wildman–Crippen LogP) is 3.66. The summed E-state index contributed by atoms with van der Waals surface area (Å²) in [7, 11) is 0. The topological polar surface area (TPSA) is 21.7 Å². The third kappa shape index (κ3) is 4.68. The number of anilines is 1. The first-order chi connectivity index (χ1) is 12.1. The van der Waals surface area contributed by atoms with Crippen LogP contribution < -0.4 is 9.64 Å². The van der Waals surface area contributed by atoms with Crippen LogP contribution in [0.1, 0.15) is 11.1 Å². The molecule has 0 unspecified atom stereocenters. The second-order valence-electron chi connectivity index (χ2n) is 5.42. The molecule has 0 amide bonds. The molecular weight excluding hydrogens is 331 g/mol. The molecule has 1 saturated heterocycles. The van der Waals surface area contributed by atoms with E-state index < -0.39 is 6.61 Å². The molecule has 2 aromatic rings. The van der Waals surface area contributed by atoms with Gasteiger partial charge in [0.15, 0.2) is 0 Å². The Labute approximate surface area is 144 Å². The Morgan fingerprint density at radius 3 is 2.28 bits per heavy atom. The van der Waals surface area contributed by atoms with E-state index >= 15 is 0 Å². The minimum atomic E-state index is -2.85. The van der Waals surface area contributed by atoms with Crippen molar-refractivity contribution in [1.82, 2.24) is 0 Å². The Balaban J connectivity index is 1.76. The van der Waals surface area contributed by atoms with Crippen LogP contribution in [-0.2, 0) is 4.74 Å². The van der Waals surface area contributed by atoms with E-state index in [-0.39, 0.29) is 11.6 Å². The Kier molecular flexibility index (Phi) is 5.46. The summed E-state index contributed by atoms with van der Waals surface area (Å²) >= 11 is 0. The second kappa shape index (κ2) is 7.95. The number of nitrogens with zero attached hydrogens (tertiary/aromatic N) is 1. The summed E-state index contributed by atoms with van der Waals surface area (Å²) in [5.74, 6) is 5.69. The number of alkyl halides is 2. The van der Waals surface area contributed by atoms with Gasteiger partial charge < -0.3 is 14.4 Å². The SMILES string of the molecule is Fc1ccc(C#Cc2ccc(OC(F)F)cc2)cc1N1CCOCC1. The van der Waals surface area contributed by atoms with Crippen LogP contribution in [0, 0.1) is 17.7 Å². The van der Waals surface area contributed by atoms with Crippen molar-refractivity contribution in [3.63, 3.8) is 0 Å². The molecule has 0 atom stereocenters. The first-order valence-electron chi connectivity index (χ1n) is 7.81. The van der Waals surface area contributed by atoms with Gasteiger partial charge in [-0.15, -0.1) is 0 Å². The van der Waals surface area contributed by atoms with Crippen molar-refractivity contribution in [2.45, 2.75) is 6.61 Å². The van der Waals surface area contributed by atoms with E-state index in [1.54, 1.807) is 24.3 Å². The molecule has 0 N–H and O–H groups in total. The highest BCUT2D eigenvalue weighted by Gasteiger charge is 2.15. The van der Waals surface area contributed by atoms with Crippen LogP contribution in [0.25, 0.3) is 0 Å². The average molecular weight is 347 g/mol. The number of ether oxygens (including phenoxy) is 2. The molecule has 0 aromatic heterocycles. The molecule has 1 heterocycles. The lowest BCUT2D eigenvalue weighted by molar-refractivity contribution is -0.0498. The number of hydrogen-bond donors (Lipinski definition) is 0. The van der Waals surface area contributed by atoms with Crippen molar-refractivity contribution in [1.29, 1.82) is 0 Å². The molecule has 0 saturated carbocycles. The third-order valence-electron chi connectivity index (χ3n) is 3.73. The van der Waals surface area contributed by atoms with Crippen LogP contribution >= 0.6 is 0 Å². The average Bonchev–Trinajstić information content (AvgIpc) is 2.62. The maximum atomic E-state index is 14.1. The van der Waals surface area contributed by atoms with Gasteiger partial charge in [-0.25, -0.2) is 4.39 Å². The van der Waals surface area contributed by atoms with Gasteiger partial charge in [0, 0.05) is 24.2 Å². The second-order valence-corrected chi connectivity index (χ2v) is 5.42. The third-order valence-corrected chi connectivity index (χ3v) is 3.73. The lowest BCUT2D eigenvalue weighted by Gasteiger charge is -2.29. The summed E-state index contributed by atoms with van der Waals surface area (Å²) in [5, 5.41) is 0. The van der Waals surface area contributed by atoms with E-state index in [0.29, 0.717) is 43.1 Å². The summed E-state index contributed by atoms with van der Waals surface area (Å²) in [4.78, 5) is 1.93. The summed E-state index contributed by atoms with van der Waals surface area (Å²) in [6.45, 7) is -0.432. The van der Waals surface area contributed by atoms with Crippen LogP contribution in [0.5, 0.6) is 5.75 Å². The molecule has 0 spiro atoms. The summed E-state index contributed by atoms with van der Waals surface area (Å²) in [6.07, 6.45) is 0. The van der Waals surface area contributed by atoms with Crippen molar-refractivity contribution < 1.29 is 22.6 Å². The number of hydrogen-bond acceptors (Lipinski definition) is 3. The first-order valence-corrected chi connectivity index (χ1v) is 7.81. The summed E-state index contributed by atoms with van der Waals surface area (Å²) < 4.78 is 47.9. The normalized spacial score (nSPS) is 14.2. The minimum Gasteiger partial charge on any atom is -0.435 e. The van der Waals surface area contributed by atoms with Gasteiger partial charge in [-0.2, -0.15) is 8.78 Å². The lowest BCUT2D eigenvalue weighted by Crippen LogP contribution is -2.36. The number of halogens is 3. The fraction of sp³-hybridized carbons (Fsp3) is 0.263. The highest BCUT2D eigenvalue weighted by Crippen LogP contribution is 2.22. The van der Waals surface area contributed by atoms with Gasteiger partial charge in [0.2, 0.25) is 0 Å². The molecule has 1 aliphatic rings. The lowest BCUT2D eigenvalue weighted by atomic mass is 10.1. The van der Waals surface area contributed by atoms with Gasteiger partial charge in [-0.1, -0.05) is 11.8 Å². The molecule has 130 valence electrons. The maximum Gasteiger partial charge on any atom is 0.387 e. The van der Waals surface area contributed by atoms with Crippen LogP contribution in [-0.4, -0.2) is 32.9 Å². The van der Waals surface area contributed by atoms with E-state index in [4.69, 9.17) is 4.74 Å². The zero-order valence-corrected chi connectivity index (χ0v) is 13.3.